The number of carbonyl (C=O) groups is 1. The van der Waals surface area contributed by atoms with Crippen LogP contribution in [0.4, 0.5) is 0 Å². The summed E-state index contributed by atoms with van der Waals surface area (Å²) in [6.07, 6.45) is 8.08. The van der Waals surface area contributed by atoms with Gasteiger partial charge in [-0.3, -0.25) is 4.79 Å². The summed E-state index contributed by atoms with van der Waals surface area (Å²) < 4.78 is 0. The van der Waals surface area contributed by atoms with E-state index in [1.165, 1.54) is 0 Å². The maximum Gasteiger partial charge on any atom is 0.224 e. The van der Waals surface area contributed by atoms with Gasteiger partial charge in [0.25, 0.3) is 0 Å². The monoisotopic (exact) mass is 240 g/mol. The summed E-state index contributed by atoms with van der Waals surface area (Å²) >= 11 is 0. The summed E-state index contributed by atoms with van der Waals surface area (Å²) in [5.41, 5.74) is 1.52. The Labute approximate surface area is 108 Å². The van der Waals surface area contributed by atoms with E-state index in [4.69, 9.17) is 11.7 Å². The summed E-state index contributed by atoms with van der Waals surface area (Å²) in [5, 5.41) is 11.5. The fourth-order valence-corrected chi connectivity index (χ4v) is 1.52. The maximum absolute atomic E-state index is 11.6. The van der Waals surface area contributed by atoms with Gasteiger partial charge in [-0.1, -0.05) is 12.1 Å². The molecule has 0 saturated carbocycles. The highest BCUT2D eigenvalue weighted by molar-refractivity contribution is 5.78. The quantitative estimate of drug-likeness (QED) is 0.611. The minimum atomic E-state index is 0.000385. The summed E-state index contributed by atoms with van der Waals surface area (Å²) in [5.74, 6) is 2.57. The molecule has 1 rings (SSSR count). The number of benzene rings is 1. The fraction of sp³-hybridized carbons (Fsp3) is 0.333. The Balaban J connectivity index is 2.27. The van der Waals surface area contributed by atoms with Crippen LogP contribution in [0.3, 0.4) is 0 Å². The lowest BCUT2D eigenvalue weighted by atomic mass is 10.1. The van der Waals surface area contributed by atoms with E-state index in [0.717, 1.165) is 24.8 Å². The van der Waals surface area contributed by atoms with Crippen LogP contribution < -0.4 is 5.32 Å². The van der Waals surface area contributed by atoms with E-state index < -0.39 is 0 Å². The topological polar surface area (TPSA) is 52.9 Å². The molecule has 0 bridgehead atoms. The second-order valence-electron chi connectivity index (χ2n) is 4.00. The van der Waals surface area contributed by atoms with Crippen LogP contribution in [0.15, 0.2) is 24.3 Å². The normalized spacial score (nSPS) is 9.22. The van der Waals surface area contributed by atoms with Crippen molar-refractivity contribution in [1.29, 1.82) is 5.26 Å². The van der Waals surface area contributed by atoms with Gasteiger partial charge in [0.05, 0.1) is 18.1 Å². The van der Waals surface area contributed by atoms with E-state index in [9.17, 15) is 4.79 Å². The summed E-state index contributed by atoms with van der Waals surface area (Å²) in [6.45, 7) is 0.663. The van der Waals surface area contributed by atoms with Gasteiger partial charge in [-0.15, -0.1) is 12.3 Å². The SMILES string of the molecule is C#CCCCCNC(=O)Cc1ccc(C#N)cc1. The van der Waals surface area contributed by atoms with Crippen molar-refractivity contribution in [2.45, 2.75) is 25.7 Å². The molecule has 0 atom stereocenters. The first-order valence-corrected chi connectivity index (χ1v) is 5.95. The molecule has 3 nitrogen and oxygen atoms in total. The van der Waals surface area contributed by atoms with Gasteiger partial charge >= 0.3 is 0 Å². The number of terminal acetylenes is 1. The van der Waals surface area contributed by atoms with Crippen molar-refractivity contribution in [3.05, 3.63) is 35.4 Å². The number of nitriles is 1. The summed E-state index contributed by atoms with van der Waals surface area (Å²) in [7, 11) is 0. The molecule has 0 aliphatic heterocycles. The zero-order valence-corrected chi connectivity index (χ0v) is 10.3. The number of nitrogens with zero attached hydrogens (tertiary/aromatic N) is 1. The van der Waals surface area contributed by atoms with Gasteiger partial charge in [0, 0.05) is 13.0 Å². The van der Waals surface area contributed by atoms with Crippen LogP contribution in [0.25, 0.3) is 0 Å². The molecular weight excluding hydrogens is 224 g/mol. The lowest BCUT2D eigenvalue weighted by Gasteiger charge is -2.04. The number of unbranched alkanes of at least 4 members (excludes halogenated alkanes) is 2. The van der Waals surface area contributed by atoms with Crippen LogP contribution in [0.1, 0.15) is 30.4 Å². The Bertz CT molecular complexity index is 463. The van der Waals surface area contributed by atoms with E-state index in [2.05, 4.69) is 11.2 Å². The molecule has 0 heterocycles. The van der Waals surface area contributed by atoms with Crippen molar-refractivity contribution in [1.82, 2.24) is 5.32 Å². The third-order valence-electron chi connectivity index (χ3n) is 2.52. The van der Waals surface area contributed by atoms with Crippen LogP contribution >= 0.6 is 0 Å². The Morgan fingerprint density at radius 3 is 2.61 bits per heavy atom. The molecule has 0 aliphatic carbocycles. The van der Waals surface area contributed by atoms with E-state index in [0.29, 0.717) is 18.5 Å². The van der Waals surface area contributed by atoms with Gasteiger partial charge in [-0.25, -0.2) is 0 Å². The zero-order chi connectivity index (χ0) is 13.2. The van der Waals surface area contributed by atoms with Gasteiger partial charge in [0.15, 0.2) is 0 Å². The van der Waals surface area contributed by atoms with E-state index in [1.54, 1.807) is 24.3 Å². The van der Waals surface area contributed by atoms with Crippen LogP contribution in [0, 0.1) is 23.7 Å². The molecule has 92 valence electrons. The van der Waals surface area contributed by atoms with Gasteiger partial charge in [0.2, 0.25) is 5.91 Å². The fourth-order valence-electron chi connectivity index (χ4n) is 1.52. The zero-order valence-electron chi connectivity index (χ0n) is 10.3. The van der Waals surface area contributed by atoms with Crippen molar-refractivity contribution < 1.29 is 4.79 Å². The Morgan fingerprint density at radius 1 is 1.28 bits per heavy atom. The molecule has 0 spiro atoms. The summed E-state index contributed by atoms with van der Waals surface area (Å²) in [6, 6.07) is 9.08. The van der Waals surface area contributed by atoms with Crippen molar-refractivity contribution in [2.75, 3.05) is 6.54 Å². The van der Waals surface area contributed by atoms with Gasteiger partial charge in [-0.05, 0) is 30.5 Å². The molecule has 0 aromatic heterocycles. The molecule has 1 amide bonds. The van der Waals surface area contributed by atoms with E-state index in [1.807, 2.05) is 6.07 Å². The number of amides is 1. The third-order valence-corrected chi connectivity index (χ3v) is 2.52. The number of carbonyl (C=O) groups excluding carboxylic acids is 1. The molecule has 1 aromatic carbocycles. The molecule has 0 unspecified atom stereocenters. The molecule has 1 N–H and O–H groups in total. The Kier molecular flexibility index (Phi) is 6.08. The second-order valence-corrected chi connectivity index (χ2v) is 4.00. The number of hydrogen-bond donors (Lipinski definition) is 1. The predicted octanol–water partition coefficient (Wildman–Crippen LogP) is 2.02. The largest absolute Gasteiger partial charge is 0.356 e. The van der Waals surface area contributed by atoms with Crippen LogP contribution in [-0.4, -0.2) is 12.5 Å². The smallest absolute Gasteiger partial charge is 0.224 e. The van der Waals surface area contributed by atoms with Gasteiger partial charge in [-0.2, -0.15) is 5.26 Å². The average Bonchev–Trinajstić information content (AvgIpc) is 2.39. The highest BCUT2D eigenvalue weighted by atomic mass is 16.1. The lowest BCUT2D eigenvalue weighted by molar-refractivity contribution is -0.120. The average molecular weight is 240 g/mol. The van der Waals surface area contributed by atoms with E-state index >= 15 is 0 Å². The molecule has 3 heteroatoms. The number of hydrogen-bond acceptors (Lipinski definition) is 2. The predicted molar refractivity (Wildman–Crippen MR) is 70.6 cm³/mol. The van der Waals surface area contributed by atoms with Crippen LogP contribution in [0.5, 0.6) is 0 Å². The molecule has 0 saturated heterocycles. The Morgan fingerprint density at radius 2 is 2.00 bits per heavy atom. The van der Waals surface area contributed by atoms with Crippen molar-refractivity contribution in [3.63, 3.8) is 0 Å². The molecule has 0 radical (unpaired) electrons. The number of rotatable bonds is 6. The molecule has 1 aromatic rings. The first-order chi connectivity index (χ1) is 8.76. The highest BCUT2D eigenvalue weighted by Gasteiger charge is 2.02. The molecular formula is C15H16N2O. The van der Waals surface area contributed by atoms with Gasteiger partial charge < -0.3 is 5.32 Å². The number of nitrogens with one attached hydrogen (secondary N) is 1. The van der Waals surface area contributed by atoms with Crippen LogP contribution in [0.2, 0.25) is 0 Å². The molecule has 0 aliphatic rings. The standard InChI is InChI=1S/C15H16N2O/c1-2-3-4-5-10-17-15(18)11-13-6-8-14(12-16)9-7-13/h1,6-9H,3-5,10-11H2,(H,17,18). The van der Waals surface area contributed by atoms with Crippen molar-refractivity contribution in [2.24, 2.45) is 0 Å². The molecule has 18 heavy (non-hydrogen) atoms. The van der Waals surface area contributed by atoms with Crippen molar-refractivity contribution in [3.8, 4) is 18.4 Å². The lowest BCUT2D eigenvalue weighted by Crippen LogP contribution is -2.26. The third kappa shape index (κ3) is 5.18. The van der Waals surface area contributed by atoms with Crippen LogP contribution in [-0.2, 0) is 11.2 Å². The van der Waals surface area contributed by atoms with Gasteiger partial charge in [0.1, 0.15) is 0 Å². The Hall–Kier alpha value is -2.26. The maximum atomic E-state index is 11.6. The van der Waals surface area contributed by atoms with Crippen molar-refractivity contribution >= 4 is 5.91 Å². The molecule has 0 fully saturated rings. The highest BCUT2D eigenvalue weighted by Crippen LogP contribution is 2.04. The minimum Gasteiger partial charge on any atom is -0.356 e. The minimum absolute atomic E-state index is 0.000385. The first kappa shape index (κ1) is 13.8. The summed E-state index contributed by atoms with van der Waals surface area (Å²) in [4.78, 5) is 11.6. The second kappa shape index (κ2) is 7.92. The van der Waals surface area contributed by atoms with E-state index in [-0.39, 0.29) is 5.91 Å². The first-order valence-electron chi connectivity index (χ1n) is 5.95.